The molecule has 2 nitrogen and oxygen atoms in total. The maximum atomic E-state index is 12.7. The number of rotatable bonds is 4. The summed E-state index contributed by atoms with van der Waals surface area (Å²) in [4.78, 5) is 12.3. The van der Waals surface area contributed by atoms with E-state index in [-0.39, 0.29) is 23.3 Å². The fourth-order valence-corrected chi connectivity index (χ4v) is 3.02. The summed E-state index contributed by atoms with van der Waals surface area (Å²) in [7, 11) is 1.82. The lowest BCUT2D eigenvalue weighted by atomic mass is 9.77. The molecule has 0 aromatic heterocycles. The molecule has 1 aliphatic rings. The van der Waals surface area contributed by atoms with Crippen LogP contribution in [0.25, 0.3) is 0 Å². The molecule has 0 bridgehead atoms. The fraction of sp³-hybridized carbons (Fsp3) is 0.562. The van der Waals surface area contributed by atoms with Crippen LogP contribution in [0, 0.1) is 0 Å². The summed E-state index contributed by atoms with van der Waals surface area (Å²) in [5, 5.41) is 3.22. The van der Waals surface area contributed by atoms with E-state index in [1.807, 2.05) is 7.05 Å². The van der Waals surface area contributed by atoms with Crippen molar-refractivity contribution in [2.75, 3.05) is 7.05 Å². The van der Waals surface area contributed by atoms with Crippen LogP contribution in [0.4, 0.5) is 13.2 Å². The molecule has 5 heteroatoms. The standard InChI is InChI=1S/C16H20F3NO/c1-20-15(8-3-2-4-9-15)11-14(21)12-6-5-7-13(10-12)16(17,18)19/h5-7,10,20H,2-4,8-9,11H2,1H3. The SMILES string of the molecule is CNC1(CC(=O)c2cccc(C(F)(F)F)c2)CCCCC1. The third-order valence-corrected chi connectivity index (χ3v) is 4.35. The molecule has 1 fully saturated rings. The number of carbonyl (C=O) groups excluding carboxylic acids is 1. The number of nitrogens with one attached hydrogen (secondary N) is 1. The van der Waals surface area contributed by atoms with E-state index in [0.717, 1.165) is 44.2 Å². The zero-order valence-electron chi connectivity index (χ0n) is 12.1. The number of hydrogen-bond donors (Lipinski definition) is 1. The molecule has 0 spiro atoms. The van der Waals surface area contributed by atoms with E-state index < -0.39 is 11.7 Å². The molecule has 0 heterocycles. The summed E-state index contributed by atoms with van der Waals surface area (Å²) in [6, 6.07) is 4.70. The van der Waals surface area contributed by atoms with Crippen LogP contribution in [0.5, 0.6) is 0 Å². The molecule has 1 saturated carbocycles. The number of hydrogen-bond acceptors (Lipinski definition) is 2. The molecule has 116 valence electrons. The van der Waals surface area contributed by atoms with Gasteiger partial charge in [-0.05, 0) is 32.0 Å². The van der Waals surface area contributed by atoms with Gasteiger partial charge < -0.3 is 5.32 Å². The lowest BCUT2D eigenvalue weighted by Gasteiger charge is -2.36. The molecule has 1 aromatic carbocycles. The van der Waals surface area contributed by atoms with Crippen molar-refractivity contribution in [3.8, 4) is 0 Å². The highest BCUT2D eigenvalue weighted by Gasteiger charge is 2.34. The van der Waals surface area contributed by atoms with Crippen LogP contribution in [0.3, 0.4) is 0 Å². The van der Waals surface area contributed by atoms with Crippen LogP contribution in [0.2, 0.25) is 0 Å². The summed E-state index contributed by atoms with van der Waals surface area (Å²) in [5.41, 5.74) is -0.885. The molecule has 0 unspecified atom stereocenters. The lowest BCUT2D eigenvalue weighted by Crippen LogP contribution is -2.46. The van der Waals surface area contributed by atoms with Crippen LogP contribution in [0.1, 0.15) is 54.4 Å². The van der Waals surface area contributed by atoms with Gasteiger partial charge >= 0.3 is 6.18 Å². The number of ketones is 1. The monoisotopic (exact) mass is 299 g/mol. The fourth-order valence-electron chi connectivity index (χ4n) is 3.02. The van der Waals surface area contributed by atoms with E-state index in [0.29, 0.717) is 0 Å². The predicted molar refractivity (Wildman–Crippen MR) is 75.3 cm³/mol. The Morgan fingerprint density at radius 2 is 1.90 bits per heavy atom. The van der Waals surface area contributed by atoms with Gasteiger partial charge in [0.2, 0.25) is 0 Å². The molecule has 1 aliphatic carbocycles. The number of alkyl halides is 3. The van der Waals surface area contributed by atoms with Gasteiger partial charge in [0, 0.05) is 17.5 Å². The molecule has 1 N–H and O–H groups in total. The summed E-state index contributed by atoms with van der Waals surface area (Å²) >= 11 is 0. The van der Waals surface area contributed by atoms with Crippen molar-refractivity contribution >= 4 is 5.78 Å². The second-order valence-electron chi connectivity index (χ2n) is 5.77. The average molecular weight is 299 g/mol. The Balaban J connectivity index is 2.16. The molecular weight excluding hydrogens is 279 g/mol. The summed E-state index contributed by atoms with van der Waals surface area (Å²) in [6.07, 6.45) is 0.892. The Morgan fingerprint density at radius 3 is 2.48 bits per heavy atom. The molecule has 2 rings (SSSR count). The lowest BCUT2D eigenvalue weighted by molar-refractivity contribution is -0.137. The number of benzene rings is 1. The molecule has 0 atom stereocenters. The van der Waals surface area contributed by atoms with E-state index in [4.69, 9.17) is 0 Å². The average Bonchev–Trinajstić information content (AvgIpc) is 2.47. The van der Waals surface area contributed by atoms with Crippen LogP contribution in [0.15, 0.2) is 24.3 Å². The number of Topliss-reactive ketones (excluding diaryl/α,β-unsaturated/α-hetero) is 1. The van der Waals surface area contributed by atoms with Gasteiger partial charge in [-0.3, -0.25) is 4.79 Å². The molecule has 0 saturated heterocycles. The van der Waals surface area contributed by atoms with Gasteiger partial charge in [0.25, 0.3) is 0 Å². The van der Waals surface area contributed by atoms with E-state index >= 15 is 0 Å². The third kappa shape index (κ3) is 3.84. The Bertz CT molecular complexity index is 504. The van der Waals surface area contributed by atoms with Crippen molar-refractivity contribution < 1.29 is 18.0 Å². The third-order valence-electron chi connectivity index (χ3n) is 4.35. The summed E-state index contributed by atoms with van der Waals surface area (Å²) < 4.78 is 38.1. The van der Waals surface area contributed by atoms with Gasteiger partial charge in [0.05, 0.1) is 5.56 Å². The van der Waals surface area contributed by atoms with Crippen molar-refractivity contribution in [1.82, 2.24) is 5.32 Å². The molecule has 0 amide bonds. The first-order valence-electron chi connectivity index (χ1n) is 7.26. The number of halogens is 3. The summed E-state index contributed by atoms with van der Waals surface area (Å²) in [5.74, 6) is -0.225. The first-order valence-corrected chi connectivity index (χ1v) is 7.26. The Hall–Kier alpha value is -1.36. The Labute approximate surface area is 122 Å². The first kappa shape index (κ1) is 16.0. The van der Waals surface area contributed by atoms with E-state index in [2.05, 4.69) is 5.32 Å². The minimum Gasteiger partial charge on any atom is -0.314 e. The van der Waals surface area contributed by atoms with Crippen LogP contribution < -0.4 is 5.32 Å². The first-order chi connectivity index (χ1) is 9.86. The van der Waals surface area contributed by atoms with Gasteiger partial charge in [-0.25, -0.2) is 0 Å². The van der Waals surface area contributed by atoms with Gasteiger partial charge in [-0.1, -0.05) is 31.4 Å². The Kier molecular flexibility index (Phi) is 4.71. The van der Waals surface area contributed by atoms with E-state index in [9.17, 15) is 18.0 Å². The zero-order chi connectivity index (χ0) is 15.5. The second-order valence-corrected chi connectivity index (χ2v) is 5.77. The van der Waals surface area contributed by atoms with Gasteiger partial charge in [-0.2, -0.15) is 13.2 Å². The molecule has 1 aromatic rings. The van der Waals surface area contributed by atoms with Crippen LogP contribution >= 0.6 is 0 Å². The van der Waals surface area contributed by atoms with Crippen molar-refractivity contribution in [2.24, 2.45) is 0 Å². The topological polar surface area (TPSA) is 29.1 Å². The van der Waals surface area contributed by atoms with Crippen molar-refractivity contribution in [3.05, 3.63) is 35.4 Å². The van der Waals surface area contributed by atoms with Gasteiger partial charge in [-0.15, -0.1) is 0 Å². The Morgan fingerprint density at radius 1 is 1.24 bits per heavy atom. The van der Waals surface area contributed by atoms with Crippen LogP contribution in [-0.4, -0.2) is 18.4 Å². The molecule has 21 heavy (non-hydrogen) atoms. The minimum atomic E-state index is -4.41. The predicted octanol–water partition coefficient (Wildman–Crippen LogP) is 4.20. The van der Waals surface area contributed by atoms with Gasteiger partial charge in [0.15, 0.2) is 5.78 Å². The van der Waals surface area contributed by atoms with Crippen molar-refractivity contribution in [3.63, 3.8) is 0 Å². The van der Waals surface area contributed by atoms with E-state index in [1.54, 1.807) is 0 Å². The largest absolute Gasteiger partial charge is 0.416 e. The zero-order valence-corrected chi connectivity index (χ0v) is 12.1. The maximum absolute atomic E-state index is 12.7. The van der Waals surface area contributed by atoms with Crippen LogP contribution in [-0.2, 0) is 6.18 Å². The van der Waals surface area contributed by atoms with E-state index in [1.165, 1.54) is 12.1 Å². The maximum Gasteiger partial charge on any atom is 0.416 e. The molecule has 0 aliphatic heterocycles. The second kappa shape index (κ2) is 6.18. The highest BCUT2D eigenvalue weighted by atomic mass is 19.4. The normalized spacial score (nSPS) is 18.5. The van der Waals surface area contributed by atoms with Crippen molar-refractivity contribution in [1.29, 1.82) is 0 Å². The quantitative estimate of drug-likeness (QED) is 0.844. The number of carbonyl (C=O) groups is 1. The highest BCUT2D eigenvalue weighted by Crippen LogP contribution is 2.33. The van der Waals surface area contributed by atoms with Gasteiger partial charge in [0.1, 0.15) is 0 Å². The smallest absolute Gasteiger partial charge is 0.314 e. The highest BCUT2D eigenvalue weighted by molar-refractivity contribution is 5.97. The molecule has 0 radical (unpaired) electrons. The summed E-state index contributed by atoms with van der Waals surface area (Å²) in [6.45, 7) is 0. The van der Waals surface area contributed by atoms with Crippen molar-refractivity contribution in [2.45, 2.75) is 50.2 Å². The molecular formula is C16H20F3NO. The minimum absolute atomic E-state index is 0.144.